The molecule has 124 valence electrons. The number of likely N-dealkylation sites (N-methyl/N-ethyl adjacent to an activating group) is 1. The van der Waals surface area contributed by atoms with Crippen molar-refractivity contribution >= 4 is 11.6 Å². The van der Waals surface area contributed by atoms with E-state index in [1.807, 2.05) is 46.9 Å². The lowest BCUT2D eigenvalue weighted by atomic mass is 10.0. The number of aryl methyl sites for hydroxylation is 4. The van der Waals surface area contributed by atoms with Crippen molar-refractivity contribution in [3.8, 4) is 0 Å². The quantitative estimate of drug-likeness (QED) is 0.891. The van der Waals surface area contributed by atoms with Crippen LogP contribution in [0, 0.1) is 27.7 Å². The molecule has 23 heavy (non-hydrogen) atoms. The second-order valence-electron chi connectivity index (χ2n) is 6.52. The Morgan fingerprint density at radius 3 is 2.30 bits per heavy atom. The van der Waals surface area contributed by atoms with Crippen LogP contribution >= 0.6 is 0 Å². The summed E-state index contributed by atoms with van der Waals surface area (Å²) in [5, 5.41) is 3.09. The lowest BCUT2D eigenvalue weighted by Crippen LogP contribution is -3.12. The van der Waals surface area contributed by atoms with Crippen molar-refractivity contribution in [1.82, 2.24) is 0 Å². The minimum absolute atomic E-state index is 0.0285. The molecule has 0 fully saturated rings. The van der Waals surface area contributed by atoms with Gasteiger partial charge in [0.1, 0.15) is 12.3 Å². The van der Waals surface area contributed by atoms with Gasteiger partial charge in [-0.2, -0.15) is 0 Å². The van der Waals surface area contributed by atoms with Crippen molar-refractivity contribution in [3.05, 3.63) is 52.5 Å². The van der Waals surface area contributed by atoms with Gasteiger partial charge in [0.15, 0.2) is 11.8 Å². The predicted molar refractivity (Wildman–Crippen MR) is 92.8 cm³/mol. The van der Waals surface area contributed by atoms with Gasteiger partial charge < -0.3 is 14.6 Å². The highest BCUT2D eigenvalue weighted by Gasteiger charge is 2.23. The van der Waals surface area contributed by atoms with Gasteiger partial charge >= 0.3 is 0 Å². The van der Waals surface area contributed by atoms with E-state index < -0.39 is 0 Å². The topological polar surface area (TPSA) is 46.7 Å². The molecule has 1 aromatic carbocycles. The molecule has 0 saturated carbocycles. The molecule has 0 spiro atoms. The number of carbonyl (C=O) groups is 1. The second-order valence-corrected chi connectivity index (χ2v) is 6.52. The molecule has 1 aromatic heterocycles. The Balaban J connectivity index is 2.05. The number of nitrogens with one attached hydrogen (secondary N) is 2. The number of furan rings is 1. The summed E-state index contributed by atoms with van der Waals surface area (Å²) in [7, 11) is 2.01. The van der Waals surface area contributed by atoms with E-state index in [4.69, 9.17) is 4.42 Å². The Labute approximate surface area is 138 Å². The van der Waals surface area contributed by atoms with Gasteiger partial charge in [0, 0.05) is 5.69 Å². The molecule has 0 radical (unpaired) electrons. The largest absolute Gasteiger partial charge is 0.460 e. The van der Waals surface area contributed by atoms with E-state index in [0.717, 1.165) is 33.2 Å². The van der Waals surface area contributed by atoms with Crippen LogP contribution in [0.2, 0.25) is 0 Å². The van der Waals surface area contributed by atoms with Crippen LogP contribution in [0.25, 0.3) is 0 Å². The molecule has 1 amide bonds. The summed E-state index contributed by atoms with van der Waals surface area (Å²) in [6.45, 7) is 10.7. The summed E-state index contributed by atoms with van der Waals surface area (Å²) in [5.41, 5.74) is 4.33. The number of amides is 1. The highest BCUT2D eigenvalue weighted by atomic mass is 16.3. The molecule has 4 nitrogen and oxygen atoms in total. The molecule has 4 heteroatoms. The van der Waals surface area contributed by atoms with Crippen LogP contribution in [0.1, 0.15) is 35.1 Å². The molecule has 0 saturated heterocycles. The van der Waals surface area contributed by atoms with E-state index in [1.165, 1.54) is 5.56 Å². The first-order valence-corrected chi connectivity index (χ1v) is 8.04. The van der Waals surface area contributed by atoms with Crippen LogP contribution in [0.4, 0.5) is 5.69 Å². The molecule has 2 N–H and O–H groups in total. The van der Waals surface area contributed by atoms with Crippen LogP contribution in [-0.4, -0.2) is 19.0 Å². The molecule has 2 rings (SSSR count). The first-order valence-electron chi connectivity index (χ1n) is 8.04. The fourth-order valence-corrected chi connectivity index (χ4v) is 2.84. The van der Waals surface area contributed by atoms with Gasteiger partial charge in [-0.1, -0.05) is 17.7 Å². The molecule has 2 aromatic rings. The van der Waals surface area contributed by atoms with E-state index in [-0.39, 0.29) is 11.9 Å². The third kappa shape index (κ3) is 4.23. The first-order chi connectivity index (χ1) is 10.8. The minimum atomic E-state index is -0.166. The van der Waals surface area contributed by atoms with Gasteiger partial charge in [0.25, 0.3) is 5.91 Å². The maximum absolute atomic E-state index is 12.6. The van der Waals surface area contributed by atoms with Crippen molar-refractivity contribution in [3.63, 3.8) is 0 Å². The first kappa shape index (κ1) is 17.3. The Morgan fingerprint density at radius 1 is 1.17 bits per heavy atom. The summed E-state index contributed by atoms with van der Waals surface area (Å²) in [5.74, 6) is 1.83. The van der Waals surface area contributed by atoms with E-state index in [2.05, 4.69) is 24.4 Å². The molecule has 0 aliphatic heterocycles. The zero-order valence-corrected chi connectivity index (χ0v) is 14.9. The van der Waals surface area contributed by atoms with Gasteiger partial charge in [0.2, 0.25) is 0 Å². The number of rotatable bonds is 5. The lowest BCUT2D eigenvalue weighted by Gasteiger charge is -2.21. The maximum atomic E-state index is 12.6. The van der Waals surface area contributed by atoms with Crippen molar-refractivity contribution in [2.24, 2.45) is 0 Å². The van der Waals surface area contributed by atoms with Crippen LogP contribution in [-0.2, 0) is 11.3 Å². The summed E-state index contributed by atoms with van der Waals surface area (Å²) in [4.78, 5) is 13.7. The minimum Gasteiger partial charge on any atom is -0.460 e. The Hall–Kier alpha value is -2.07. The molecule has 0 aliphatic rings. The third-order valence-electron chi connectivity index (χ3n) is 4.31. The van der Waals surface area contributed by atoms with E-state index >= 15 is 0 Å². The second kappa shape index (κ2) is 7.01. The Morgan fingerprint density at radius 2 is 1.78 bits per heavy atom. The van der Waals surface area contributed by atoms with Crippen LogP contribution < -0.4 is 10.2 Å². The average molecular weight is 315 g/mol. The molecule has 0 aliphatic carbocycles. The molecular formula is C19H27N2O2+. The summed E-state index contributed by atoms with van der Waals surface area (Å²) >= 11 is 0. The molecule has 1 heterocycles. The predicted octanol–water partition coefficient (Wildman–Crippen LogP) is 2.56. The van der Waals surface area contributed by atoms with Crippen molar-refractivity contribution in [2.75, 3.05) is 12.4 Å². The fourth-order valence-electron chi connectivity index (χ4n) is 2.84. The number of hydrogen-bond acceptors (Lipinski definition) is 2. The molecule has 1 unspecified atom stereocenters. The van der Waals surface area contributed by atoms with Gasteiger partial charge in [-0.15, -0.1) is 0 Å². The average Bonchev–Trinajstić information content (AvgIpc) is 2.86. The maximum Gasteiger partial charge on any atom is 0.282 e. The van der Waals surface area contributed by atoms with Gasteiger partial charge in [-0.3, -0.25) is 4.79 Å². The van der Waals surface area contributed by atoms with E-state index in [9.17, 15) is 4.79 Å². The zero-order valence-electron chi connectivity index (χ0n) is 14.9. The zero-order chi connectivity index (χ0) is 17.1. The highest BCUT2D eigenvalue weighted by molar-refractivity contribution is 5.95. The van der Waals surface area contributed by atoms with Crippen molar-refractivity contribution in [1.29, 1.82) is 0 Å². The van der Waals surface area contributed by atoms with Gasteiger partial charge in [-0.05, 0) is 57.9 Å². The van der Waals surface area contributed by atoms with E-state index in [0.29, 0.717) is 6.54 Å². The molecular weight excluding hydrogens is 288 g/mol. The number of benzene rings is 1. The Bertz CT molecular complexity index is 680. The normalized spacial score (nSPS) is 13.7. The summed E-state index contributed by atoms with van der Waals surface area (Å²) in [6, 6.07) is 7.94. The fraction of sp³-hybridized carbons (Fsp3) is 0.421. The smallest absolute Gasteiger partial charge is 0.282 e. The third-order valence-corrected chi connectivity index (χ3v) is 4.31. The monoisotopic (exact) mass is 315 g/mol. The van der Waals surface area contributed by atoms with E-state index in [1.54, 1.807) is 0 Å². The standard InChI is InChI=1S/C19H26N2O2/c1-12-9-13(2)18(14(3)10-12)20-19(22)16(5)21(6)11-17-8-7-15(4)23-17/h7-10,16H,11H2,1-6H3,(H,20,22)/p+1/t16-/m0/s1. The Kier molecular flexibility index (Phi) is 5.26. The number of carbonyl (C=O) groups excluding carboxylic acids is 1. The van der Waals surface area contributed by atoms with Crippen LogP contribution in [0.5, 0.6) is 0 Å². The number of hydrogen-bond donors (Lipinski definition) is 2. The summed E-state index contributed by atoms with van der Waals surface area (Å²) in [6.07, 6.45) is 0. The van der Waals surface area contributed by atoms with Crippen LogP contribution in [0.15, 0.2) is 28.7 Å². The molecule has 2 atom stereocenters. The lowest BCUT2D eigenvalue weighted by molar-refractivity contribution is -0.908. The van der Waals surface area contributed by atoms with Crippen molar-refractivity contribution < 1.29 is 14.1 Å². The summed E-state index contributed by atoms with van der Waals surface area (Å²) < 4.78 is 5.60. The van der Waals surface area contributed by atoms with Crippen LogP contribution in [0.3, 0.4) is 0 Å². The molecule has 0 bridgehead atoms. The van der Waals surface area contributed by atoms with Gasteiger partial charge in [-0.25, -0.2) is 0 Å². The SMILES string of the molecule is Cc1cc(C)c(NC(=O)[C@H](C)[NH+](C)Cc2ccc(C)o2)c(C)c1. The number of anilines is 1. The van der Waals surface area contributed by atoms with Gasteiger partial charge in [0.05, 0.1) is 7.05 Å². The highest BCUT2D eigenvalue weighted by Crippen LogP contribution is 2.21. The van der Waals surface area contributed by atoms with Crippen molar-refractivity contribution in [2.45, 2.75) is 47.2 Å². The number of quaternary nitrogens is 1.